The summed E-state index contributed by atoms with van der Waals surface area (Å²) in [5.74, 6) is 0. The molecule has 0 unspecified atom stereocenters. The predicted octanol–water partition coefficient (Wildman–Crippen LogP) is 6.97. The second kappa shape index (κ2) is 15.5. The fourth-order valence-electron chi connectivity index (χ4n) is 4.88. The molecule has 3 nitrogen and oxygen atoms in total. The molecule has 0 saturated heterocycles. The van der Waals surface area contributed by atoms with Crippen LogP contribution in [0.4, 0.5) is 0 Å². The van der Waals surface area contributed by atoms with E-state index in [9.17, 15) is 0 Å². The molecule has 210 valence electrons. The van der Waals surface area contributed by atoms with Crippen LogP contribution in [0.2, 0.25) is 0 Å². The van der Waals surface area contributed by atoms with Crippen LogP contribution in [0.5, 0.6) is 0 Å². The first-order valence-corrected chi connectivity index (χ1v) is 17.5. The highest BCUT2D eigenvalue weighted by atomic mass is 31.1. The zero-order valence-electron chi connectivity index (χ0n) is 24.3. The molecule has 0 fully saturated rings. The highest BCUT2D eigenvalue weighted by Crippen LogP contribution is 2.34. The van der Waals surface area contributed by atoms with Gasteiger partial charge in [-0.15, -0.1) is 0 Å². The van der Waals surface area contributed by atoms with Crippen LogP contribution in [-0.4, -0.2) is 41.8 Å². The van der Waals surface area contributed by atoms with Crippen molar-refractivity contribution in [2.45, 2.75) is 13.8 Å². The smallest absolute Gasteiger partial charge is 0.0845 e. The van der Waals surface area contributed by atoms with Crippen LogP contribution in [0.25, 0.3) is 0 Å². The summed E-state index contributed by atoms with van der Waals surface area (Å²) < 4.78 is 0. The Labute approximate surface area is 253 Å². The van der Waals surface area contributed by atoms with E-state index in [1.54, 1.807) is 0 Å². The first kappa shape index (κ1) is 29.7. The van der Waals surface area contributed by atoms with Gasteiger partial charge in [0.15, 0.2) is 0 Å². The molecule has 0 spiro atoms. The van der Waals surface area contributed by atoms with Gasteiger partial charge < -0.3 is 0 Å². The molecule has 0 aliphatic rings. The molecular formula is C37H37N3P2. The summed E-state index contributed by atoms with van der Waals surface area (Å²) in [6.07, 6.45) is 2.01. The van der Waals surface area contributed by atoms with Crippen LogP contribution in [0.1, 0.15) is 25.2 Å². The van der Waals surface area contributed by atoms with E-state index in [1.807, 2.05) is 0 Å². The third kappa shape index (κ3) is 8.16. The van der Waals surface area contributed by atoms with Gasteiger partial charge in [-0.25, -0.2) is 4.98 Å². The van der Waals surface area contributed by atoms with Crippen molar-refractivity contribution in [1.82, 2.24) is 4.98 Å². The quantitative estimate of drug-likeness (QED) is 0.115. The van der Waals surface area contributed by atoms with E-state index in [2.05, 4.69) is 153 Å². The zero-order valence-corrected chi connectivity index (χ0v) is 26.1. The molecule has 0 N–H and O–H groups in total. The molecular weight excluding hydrogens is 548 g/mol. The summed E-state index contributed by atoms with van der Waals surface area (Å²) in [6, 6.07) is 49.5. The number of rotatable bonds is 12. The van der Waals surface area contributed by atoms with Crippen molar-refractivity contribution in [3.8, 4) is 0 Å². The second-order valence-electron chi connectivity index (χ2n) is 9.99. The lowest BCUT2D eigenvalue weighted by Gasteiger charge is -2.18. The van der Waals surface area contributed by atoms with Crippen LogP contribution in [-0.2, 0) is 0 Å². The van der Waals surface area contributed by atoms with Crippen LogP contribution in [0.15, 0.2) is 150 Å². The lowest BCUT2D eigenvalue weighted by molar-refractivity contribution is 1.11. The first-order chi connectivity index (χ1) is 20.7. The molecule has 0 bridgehead atoms. The number of hydrogen-bond acceptors (Lipinski definition) is 3. The van der Waals surface area contributed by atoms with Gasteiger partial charge in [0.05, 0.1) is 22.8 Å². The number of benzene rings is 4. The monoisotopic (exact) mass is 585 g/mol. The molecule has 1 heterocycles. The minimum atomic E-state index is -0.458. The second-order valence-corrected chi connectivity index (χ2v) is 14.7. The van der Waals surface area contributed by atoms with E-state index >= 15 is 0 Å². The maximum atomic E-state index is 4.97. The van der Waals surface area contributed by atoms with Gasteiger partial charge in [0.25, 0.3) is 0 Å². The average Bonchev–Trinajstić information content (AvgIpc) is 3.06. The Bertz CT molecular complexity index is 1390. The third-order valence-corrected chi connectivity index (χ3v) is 12.1. The molecule has 0 amide bonds. The van der Waals surface area contributed by atoms with Gasteiger partial charge in [0.1, 0.15) is 0 Å². The van der Waals surface area contributed by atoms with E-state index in [1.165, 1.54) is 21.2 Å². The number of pyridine rings is 1. The Hall–Kier alpha value is -3.77. The minimum absolute atomic E-state index is 0.458. The fourth-order valence-corrected chi connectivity index (χ4v) is 9.24. The van der Waals surface area contributed by atoms with E-state index in [-0.39, 0.29) is 0 Å². The van der Waals surface area contributed by atoms with Crippen LogP contribution >= 0.6 is 15.8 Å². The molecule has 1 aromatic heterocycles. The Morgan fingerprint density at radius 1 is 0.452 bits per heavy atom. The van der Waals surface area contributed by atoms with Crippen molar-refractivity contribution in [2.24, 2.45) is 9.98 Å². The van der Waals surface area contributed by atoms with E-state index in [0.29, 0.717) is 0 Å². The molecule has 5 heteroatoms. The summed E-state index contributed by atoms with van der Waals surface area (Å²) in [6.45, 7) is 5.67. The van der Waals surface area contributed by atoms with Crippen LogP contribution in [0.3, 0.4) is 0 Å². The Kier molecular flexibility index (Phi) is 10.9. The van der Waals surface area contributed by atoms with Gasteiger partial charge in [0.2, 0.25) is 0 Å². The number of hydrogen-bond donors (Lipinski definition) is 0. The number of nitrogens with zero attached hydrogens (tertiary/aromatic N) is 3. The largest absolute Gasteiger partial charge is 0.287 e. The molecule has 0 aliphatic carbocycles. The van der Waals surface area contributed by atoms with E-state index in [4.69, 9.17) is 15.0 Å². The molecule has 42 heavy (non-hydrogen) atoms. The molecule has 4 aromatic carbocycles. The summed E-state index contributed by atoms with van der Waals surface area (Å²) in [5, 5.41) is 5.56. The molecule has 0 radical (unpaired) electrons. The van der Waals surface area contributed by atoms with E-state index in [0.717, 1.165) is 48.2 Å². The van der Waals surface area contributed by atoms with Crippen molar-refractivity contribution in [1.29, 1.82) is 0 Å². The third-order valence-electron chi connectivity index (χ3n) is 7.11. The Balaban J connectivity index is 1.25. The molecule has 0 atom stereocenters. The standard InChI is InChI=1S/C37H37N3P2/c1-30(38-26-28-41(32-16-7-3-8-17-32)33-18-9-4-10-19-33)36-24-15-25-37(40-36)31(2)39-27-29-42(34-20-11-5-12-21-34)35-22-13-6-14-23-35/h3-25H,26-29H2,1-2H3. The molecule has 5 aromatic rings. The summed E-state index contributed by atoms with van der Waals surface area (Å²) in [7, 11) is -0.917. The predicted molar refractivity (Wildman–Crippen MR) is 186 cm³/mol. The lowest BCUT2D eigenvalue weighted by Crippen LogP contribution is -2.16. The first-order valence-electron chi connectivity index (χ1n) is 14.4. The summed E-state index contributed by atoms with van der Waals surface area (Å²) >= 11 is 0. The van der Waals surface area contributed by atoms with Crippen molar-refractivity contribution in [3.63, 3.8) is 0 Å². The topological polar surface area (TPSA) is 37.6 Å². The highest BCUT2D eigenvalue weighted by molar-refractivity contribution is 7.73. The lowest BCUT2D eigenvalue weighted by atomic mass is 10.2. The average molecular weight is 586 g/mol. The van der Waals surface area contributed by atoms with Crippen molar-refractivity contribution in [3.05, 3.63) is 151 Å². The van der Waals surface area contributed by atoms with E-state index < -0.39 is 15.8 Å². The summed E-state index contributed by atoms with van der Waals surface area (Å²) in [5.41, 5.74) is 3.78. The maximum Gasteiger partial charge on any atom is 0.0845 e. The highest BCUT2D eigenvalue weighted by Gasteiger charge is 2.14. The van der Waals surface area contributed by atoms with Gasteiger partial charge in [-0.3, -0.25) is 9.98 Å². The normalized spacial score (nSPS) is 12.2. The van der Waals surface area contributed by atoms with Gasteiger partial charge >= 0.3 is 0 Å². The number of aliphatic imine (C=N–C) groups is 2. The molecule has 0 saturated carbocycles. The van der Waals surface area contributed by atoms with Crippen molar-refractivity contribution in [2.75, 3.05) is 25.4 Å². The van der Waals surface area contributed by atoms with Gasteiger partial charge in [-0.05, 0) is 75.4 Å². The molecule has 5 rings (SSSR count). The zero-order chi connectivity index (χ0) is 29.0. The number of aromatic nitrogens is 1. The van der Waals surface area contributed by atoms with Crippen LogP contribution in [0, 0.1) is 0 Å². The fraction of sp³-hybridized carbons (Fsp3) is 0.162. The maximum absolute atomic E-state index is 4.97. The van der Waals surface area contributed by atoms with Crippen LogP contribution < -0.4 is 21.2 Å². The Morgan fingerprint density at radius 3 is 1.07 bits per heavy atom. The minimum Gasteiger partial charge on any atom is -0.287 e. The van der Waals surface area contributed by atoms with Crippen molar-refractivity contribution < 1.29 is 0 Å². The van der Waals surface area contributed by atoms with Gasteiger partial charge in [0, 0.05) is 13.1 Å². The summed E-state index contributed by atoms with van der Waals surface area (Å²) in [4.78, 5) is 14.9. The SMILES string of the molecule is CC(=NCCP(c1ccccc1)c1ccccc1)c1cccc(C(C)=NCCP(c2ccccc2)c2ccccc2)n1. The Morgan fingerprint density at radius 2 is 0.762 bits per heavy atom. The van der Waals surface area contributed by atoms with Gasteiger partial charge in [-0.1, -0.05) is 127 Å². The molecule has 0 aliphatic heterocycles. The van der Waals surface area contributed by atoms with Crippen molar-refractivity contribution >= 4 is 48.5 Å². The van der Waals surface area contributed by atoms with Gasteiger partial charge in [-0.2, -0.15) is 0 Å².